The predicted octanol–water partition coefficient (Wildman–Crippen LogP) is 4.16. The number of hydrogen-bond donors (Lipinski definition) is 1. The van der Waals surface area contributed by atoms with Crippen molar-refractivity contribution in [1.82, 2.24) is 0 Å². The number of hydrogen-bond acceptors (Lipinski definition) is 2. The molecule has 2 aromatic carbocycles. The minimum atomic E-state index is 0.802. The fraction of sp³-hybridized carbons (Fsp3) is 0.294. The molecule has 0 bridgehead atoms. The highest BCUT2D eigenvalue weighted by molar-refractivity contribution is 5.70. The van der Waals surface area contributed by atoms with Crippen LogP contribution in [-0.2, 0) is 12.8 Å². The van der Waals surface area contributed by atoms with Crippen LogP contribution in [0.25, 0.3) is 0 Å². The number of benzene rings is 2. The molecule has 2 heteroatoms. The van der Waals surface area contributed by atoms with Gasteiger partial charge in [0, 0.05) is 24.1 Å². The fourth-order valence-electron chi connectivity index (χ4n) is 2.47. The molecule has 2 aromatic rings. The quantitative estimate of drug-likeness (QED) is 0.830. The molecular formula is C17H22N2. The molecule has 0 radical (unpaired) electrons. The van der Waals surface area contributed by atoms with Gasteiger partial charge in [-0.05, 0) is 48.2 Å². The molecule has 0 aliphatic rings. The van der Waals surface area contributed by atoms with Crippen LogP contribution >= 0.6 is 0 Å². The smallest absolute Gasteiger partial charge is 0.0472 e. The Morgan fingerprint density at radius 2 is 1.42 bits per heavy atom. The standard InChI is InChI=1S/C17H22N2/c1-4-13-7-6-8-14(5-2)17(13)19(3)16-11-9-15(18)10-12-16/h6-12H,4-5,18H2,1-3H3. The molecule has 2 N–H and O–H groups in total. The molecule has 0 saturated carbocycles. The Morgan fingerprint density at radius 1 is 0.895 bits per heavy atom. The Kier molecular flexibility index (Phi) is 4.10. The van der Waals surface area contributed by atoms with E-state index in [2.05, 4.69) is 56.1 Å². The van der Waals surface area contributed by atoms with E-state index in [1.54, 1.807) is 0 Å². The summed E-state index contributed by atoms with van der Waals surface area (Å²) in [7, 11) is 2.12. The topological polar surface area (TPSA) is 29.3 Å². The van der Waals surface area contributed by atoms with Crippen molar-refractivity contribution in [3.8, 4) is 0 Å². The van der Waals surface area contributed by atoms with E-state index in [4.69, 9.17) is 5.73 Å². The number of nitrogens with zero attached hydrogens (tertiary/aromatic N) is 1. The SMILES string of the molecule is CCc1cccc(CC)c1N(C)c1ccc(N)cc1. The maximum absolute atomic E-state index is 5.76. The zero-order chi connectivity index (χ0) is 13.8. The van der Waals surface area contributed by atoms with Crippen LogP contribution in [0.1, 0.15) is 25.0 Å². The Hall–Kier alpha value is -1.96. The maximum Gasteiger partial charge on any atom is 0.0472 e. The molecule has 2 rings (SSSR count). The van der Waals surface area contributed by atoms with Gasteiger partial charge in [0.15, 0.2) is 0 Å². The number of para-hydroxylation sites is 1. The zero-order valence-electron chi connectivity index (χ0n) is 12.0. The second kappa shape index (κ2) is 5.79. The van der Waals surface area contributed by atoms with Crippen molar-refractivity contribution in [2.24, 2.45) is 0 Å². The predicted molar refractivity (Wildman–Crippen MR) is 84.1 cm³/mol. The highest BCUT2D eigenvalue weighted by Gasteiger charge is 2.12. The summed E-state index contributed by atoms with van der Waals surface area (Å²) in [6.07, 6.45) is 2.09. The molecule has 19 heavy (non-hydrogen) atoms. The fourth-order valence-corrected chi connectivity index (χ4v) is 2.47. The zero-order valence-corrected chi connectivity index (χ0v) is 12.0. The molecule has 0 heterocycles. The Labute approximate surface area is 115 Å². The molecule has 0 saturated heterocycles. The minimum Gasteiger partial charge on any atom is -0.399 e. The summed E-state index contributed by atoms with van der Waals surface area (Å²) in [5, 5.41) is 0. The van der Waals surface area contributed by atoms with E-state index in [9.17, 15) is 0 Å². The van der Waals surface area contributed by atoms with Crippen molar-refractivity contribution in [3.63, 3.8) is 0 Å². The van der Waals surface area contributed by atoms with Crippen LogP contribution in [0.3, 0.4) is 0 Å². The first kappa shape index (κ1) is 13.5. The van der Waals surface area contributed by atoms with Gasteiger partial charge in [0.25, 0.3) is 0 Å². The van der Waals surface area contributed by atoms with Crippen LogP contribution in [0.4, 0.5) is 17.1 Å². The number of anilines is 3. The third-order valence-corrected chi connectivity index (χ3v) is 3.58. The van der Waals surface area contributed by atoms with Crippen LogP contribution < -0.4 is 10.6 Å². The summed E-state index contributed by atoms with van der Waals surface area (Å²) in [5.41, 5.74) is 11.8. The molecule has 2 nitrogen and oxygen atoms in total. The van der Waals surface area contributed by atoms with E-state index in [0.717, 1.165) is 18.5 Å². The van der Waals surface area contributed by atoms with E-state index < -0.39 is 0 Å². The number of nitrogens with two attached hydrogens (primary N) is 1. The van der Waals surface area contributed by atoms with Crippen LogP contribution in [0.5, 0.6) is 0 Å². The van der Waals surface area contributed by atoms with E-state index in [1.807, 2.05) is 12.1 Å². The largest absolute Gasteiger partial charge is 0.399 e. The van der Waals surface area contributed by atoms with Gasteiger partial charge in [0.2, 0.25) is 0 Å². The average molecular weight is 254 g/mol. The van der Waals surface area contributed by atoms with Gasteiger partial charge in [0.1, 0.15) is 0 Å². The number of aryl methyl sites for hydroxylation is 2. The summed E-state index contributed by atoms with van der Waals surface area (Å²) in [6, 6.07) is 14.6. The molecule has 0 aliphatic heterocycles. The summed E-state index contributed by atoms with van der Waals surface area (Å²) in [4.78, 5) is 2.26. The van der Waals surface area contributed by atoms with E-state index in [0.29, 0.717) is 0 Å². The second-order valence-electron chi connectivity index (χ2n) is 4.78. The summed E-state index contributed by atoms with van der Waals surface area (Å²) in [6.45, 7) is 4.41. The van der Waals surface area contributed by atoms with Gasteiger partial charge < -0.3 is 10.6 Å². The van der Waals surface area contributed by atoms with Crippen LogP contribution in [0.2, 0.25) is 0 Å². The van der Waals surface area contributed by atoms with Gasteiger partial charge in [-0.1, -0.05) is 32.0 Å². The van der Waals surface area contributed by atoms with E-state index >= 15 is 0 Å². The van der Waals surface area contributed by atoms with E-state index in [-0.39, 0.29) is 0 Å². The van der Waals surface area contributed by atoms with Crippen molar-refractivity contribution in [2.45, 2.75) is 26.7 Å². The maximum atomic E-state index is 5.76. The Bertz CT molecular complexity index is 521. The Morgan fingerprint density at radius 3 is 1.89 bits per heavy atom. The minimum absolute atomic E-state index is 0.802. The molecule has 0 unspecified atom stereocenters. The molecule has 0 atom stereocenters. The lowest BCUT2D eigenvalue weighted by Gasteiger charge is -2.25. The number of rotatable bonds is 4. The lowest BCUT2D eigenvalue weighted by atomic mass is 10.0. The van der Waals surface area contributed by atoms with Gasteiger partial charge in [-0.3, -0.25) is 0 Å². The van der Waals surface area contributed by atoms with Crippen molar-refractivity contribution < 1.29 is 0 Å². The first-order valence-electron chi connectivity index (χ1n) is 6.87. The lowest BCUT2D eigenvalue weighted by Crippen LogP contribution is -2.14. The highest BCUT2D eigenvalue weighted by Crippen LogP contribution is 2.31. The van der Waals surface area contributed by atoms with Crippen molar-refractivity contribution in [3.05, 3.63) is 53.6 Å². The molecule has 100 valence electrons. The molecule has 0 amide bonds. The van der Waals surface area contributed by atoms with Crippen molar-refractivity contribution >= 4 is 17.1 Å². The van der Waals surface area contributed by atoms with Gasteiger partial charge in [0.05, 0.1) is 0 Å². The third kappa shape index (κ3) is 2.73. The first-order valence-corrected chi connectivity index (χ1v) is 6.87. The Balaban J connectivity index is 2.47. The van der Waals surface area contributed by atoms with Crippen LogP contribution in [0, 0.1) is 0 Å². The lowest BCUT2D eigenvalue weighted by molar-refractivity contribution is 1.04. The molecule has 0 aromatic heterocycles. The summed E-state index contributed by atoms with van der Waals surface area (Å²) >= 11 is 0. The summed E-state index contributed by atoms with van der Waals surface area (Å²) in [5.74, 6) is 0. The summed E-state index contributed by atoms with van der Waals surface area (Å²) < 4.78 is 0. The molecule has 0 spiro atoms. The van der Waals surface area contributed by atoms with Gasteiger partial charge in [-0.2, -0.15) is 0 Å². The van der Waals surface area contributed by atoms with Gasteiger partial charge >= 0.3 is 0 Å². The average Bonchev–Trinajstić information content (AvgIpc) is 2.46. The third-order valence-electron chi connectivity index (χ3n) is 3.58. The normalized spacial score (nSPS) is 10.5. The monoisotopic (exact) mass is 254 g/mol. The van der Waals surface area contributed by atoms with Crippen LogP contribution in [0.15, 0.2) is 42.5 Å². The second-order valence-corrected chi connectivity index (χ2v) is 4.78. The first-order chi connectivity index (χ1) is 9.17. The molecule has 0 aliphatic carbocycles. The van der Waals surface area contributed by atoms with E-state index in [1.165, 1.54) is 22.5 Å². The molecule has 0 fully saturated rings. The van der Waals surface area contributed by atoms with Gasteiger partial charge in [-0.15, -0.1) is 0 Å². The highest BCUT2D eigenvalue weighted by atomic mass is 15.1. The van der Waals surface area contributed by atoms with Crippen molar-refractivity contribution in [2.75, 3.05) is 17.7 Å². The number of nitrogen functional groups attached to an aromatic ring is 1. The molecular weight excluding hydrogens is 232 g/mol. The van der Waals surface area contributed by atoms with Crippen LogP contribution in [-0.4, -0.2) is 7.05 Å². The van der Waals surface area contributed by atoms with Gasteiger partial charge in [-0.25, -0.2) is 0 Å². The van der Waals surface area contributed by atoms with Crippen molar-refractivity contribution in [1.29, 1.82) is 0 Å².